The van der Waals surface area contributed by atoms with Gasteiger partial charge in [-0.2, -0.15) is 12.7 Å². The predicted octanol–water partition coefficient (Wildman–Crippen LogP) is 4.48. The highest BCUT2D eigenvalue weighted by atomic mass is 32.2. The molecule has 1 spiro atoms. The van der Waals surface area contributed by atoms with Crippen LogP contribution < -0.4 is 20.3 Å². The number of imide groups is 1. The van der Waals surface area contributed by atoms with Crippen molar-refractivity contribution >= 4 is 56.1 Å². The van der Waals surface area contributed by atoms with Crippen LogP contribution in [0.5, 0.6) is 0 Å². The number of carbonyl (C=O) groups excluding carboxylic acids is 4. The molecule has 0 bridgehead atoms. The van der Waals surface area contributed by atoms with Crippen LogP contribution in [0, 0.1) is 22.9 Å². The van der Waals surface area contributed by atoms with Crippen molar-refractivity contribution in [2.45, 2.75) is 37.9 Å². The van der Waals surface area contributed by atoms with Crippen LogP contribution in [0.2, 0.25) is 0 Å². The van der Waals surface area contributed by atoms with Crippen molar-refractivity contribution in [3.63, 3.8) is 0 Å². The fourth-order valence-corrected chi connectivity index (χ4v) is 10.0. The molecule has 4 fully saturated rings. The summed E-state index contributed by atoms with van der Waals surface area (Å²) in [5.41, 5.74) is 1.81. The van der Waals surface area contributed by atoms with Gasteiger partial charge in [0.1, 0.15) is 29.5 Å². The van der Waals surface area contributed by atoms with Gasteiger partial charge in [0.2, 0.25) is 17.6 Å². The van der Waals surface area contributed by atoms with Crippen LogP contribution >= 0.6 is 0 Å². The number of H-pyrrole nitrogens is 1. The lowest BCUT2D eigenvalue weighted by atomic mass is 9.72. The minimum Gasteiger partial charge on any atom is -0.370 e. The van der Waals surface area contributed by atoms with Crippen LogP contribution in [0.15, 0.2) is 73.1 Å². The number of anilines is 2. The van der Waals surface area contributed by atoms with Crippen molar-refractivity contribution in [1.29, 1.82) is 0 Å². The normalized spacial score (nSPS) is 20.2. The SMILES string of the molecule is O=C1CC[C@H](NC(=O)c2ccc(N3CC4(CN(CCc5ccc(-c6cnc7[nH]cc(C(=O)c8c(F)ccc(NS(=O)(=O)N9CC[C@@H](F)C9)c8F)c7c6)cc5)C4)C3)cc2F)C(=O)N1. The van der Waals surface area contributed by atoms with Gasteiger partial charge in [0.25, 0.3) is 5.91 Å². The lowest BCUT2D eigenvalue weighted by Gasteiger charge is -2.61. The van der Waals surface area contributed by atoms with E-state index in [4.69, 9.17) is 0 Å². The number of pyridine rings is 1. The van der Waals surface area contributed by atoms with Crippen LogP contribution in [0.4, 0.5) is 28.9 Å². The number of amides is 3. The zero-order valence-corrected chi connectivity index (χ0v) is 33.8. The molecule has 3 amide bonds. The first-order valence-electron chi connectivity index (χ1n) is 20.1. The molecule has 3 aromatic carbocycles. The standard InChI is InChI=1S/C43H40F4N8O6S/c44-27-12-14-55(19-27)62(60,61)52-34-8-7-32(45)37(38(34)47)39(57)31-18-49-40-30(31)15-26(17-48-40)25-3-1-24(2-4-25)11-13-53-20-43(21-53)22-54(23-43)28-5-6-29(33(46)16-28)41(58)50-35-9-10-36(56)51-42(35)59/h1-8,15-18,27,35,52H,9-14,19-23H2,(H,48,49)(H,50,58)(H,51,56,59)/t27-,35+/m1/s1. The summed E-state index contributed by atoms with van der Waals surface area (Å²) in [5.74, 6) is -6.02. The lowest BCUT2D eigenvalue weighted by molar-refractivity contribution is -0.134. The molecule has 2 atom stereocenters. The number of halogens is 4. The highest BCUT2D eigenvalue weighted by Gasteiger charge is 2.51. The molecular formula is C43H40F4N8O6S. The molecular weight excluding hydrogens is 833 g/mol. The molecule has 0 aliphatic carbocycles. The van der Waals surface area contributed by atoms with E-state index in [1.54, 1.807) is 18.3 Å². The summed E-state index contributed by atoms with van der Waals surface area (Å²) in [7, 11) is -4.36. The first-order chi connectivity index (χ1) is 29.6. The number of hydrogen-bond acceptors (Lipinski definition) is 9. The zero-order chi connectivity index (χ0) is 43.5. The predicted molar refractivity (Wildman–Crippen MR) is 220 cm³/mol. The van der Waals surface area contributed by atoms with E-state index in [1.807, 2.05) is 29.0 Å². The number of fused-ring (bicyclic) bond motifs is 1. The highest BCUT2D eigenvalue weighted by molar-refractivity contribution is 7.90. The van der Waals surface area contributed by atoms with Crippen molar-refractivity contribution in [3.05, 3.63) is 113 Å². The second-order valence-corrected chi connectivity index (χ2v) is 18.1. The molecule has 0 unspecified atom stereocenters. The third kappa shape index (κ3) is 7.91. The Bertz CT molecular complexity index is 2750. The summed E-state index contributed by atoms with van der Waals surface area (Å²) in [5, 5.41) is 4.99. The molecule has 4 aliphatic heterocycles. The van der Waals surface area contributed by atoms with E-state index in [9.17, 15) is 32.0 Å². The number of ketones is 1. The van der Waals surface area contributed by atoms with Gasteiger partial charge in [-0.3, -0.25) is 29.2 Å². The van der Waals surface area contributed by atoms with Crippen LogP contribution in [0.3, 0.4) is 0 Å². The molecule has 6 heterocycles. The zero-order valence-electron chi connectivity index (χ0n) is 33.0. The van der Waals surface area contributed by atoms with E-state index in [0.29, 0.717) is 22.3 Å². The van der Waals surface area contributed by atoms with E-state index in [1.165, 1.54) is 18.3 Å². The van der Waals surface area contributed by atoms with E-state index in [2.05, 4.69) is 30.4 Å². The lowest BCUT2D eigenvalue weighted by Crippen LogP contribution is -2.72. The fraction of sp³-hybridized carbons (Fsp3) is 0.326. The summed E-state index contributed by atoms with van der Waals surface area (Å²) >= 11 is 0. The summed E-state index contributed by atoms with van der Waals surface area (Å²) in [6.45, 7) is 3.64. The van der Waals surface area contributed by atoms with E-state index < -0.39 is 81.2 Å². The number of rotatable bonds is 12. The summed E-state index contributed by atoms with van der Waals surface area (Å²) in [6, 6.07) is 14.8. The van der Waals surface area contributed by atoms with Crippen molar-refractivity contribution in [3.8, 4) is 11.1 Å². The van der Waals surface area contributed by atoms with E-state index in [-0.39, 0.29) is 42.3 Å². The van der Waals surface area contributed by atoms with Gasteiger partial charge < -0.3 is 20.1 Å². The van der Waals surface area contributed by atoms with Gasteiger partial charge in [0.05, 0.1) is 16.8 Å². The Labute approximate surface area is 352 Å². The van der Waals surface area contributed by atoms with Gasteiger partial charge in [-0.05, 0) is 66.8 Å². The van der Waals surface area contributed by atoms with Crippen molar-refractivity contribution in [2.24, 2.45) is 5.41 Å². The fourth-order valence-electron chi connectivity index (χ4n) is 8.74. The third-order valence-electron chi connectivity index (χ3n) is 12.0. The summed E-state index contributed by atoms with van der Waals surface area (Å²) < 4.78 is 87.8. The number of piperidine rings is 1. The maximum Gasteiger partial charge on any atom is 0.301 e. The average molecular weight is 873 g/mol. The maximum absolute atomic E-state index is 15.7. The van der Waals surface area contributed by atoms with Crippen LogP contribution in [-0.4, -0.2) is 109 Å². The van der Waals surface area contributed by atoms with Gasteiger partial charge in [0.15, 0.2) is 5.82 Å². The Morgan fingerprint density at radius 2 is 1.68 bits per heavy atom. The molecule has 0 saturated carbocycles. The summed E-state index contributed by atoms with van der Waals surface area (Å²) in [4.78, 5) is 61.4. The number of aromatic nitrogens is 2. The summed E-state index contributed by atoms with van der Waals surface area (Å²) in [6.07, 6.45) is 2.60. The van der Waals surface area contributed by atoms with Crippen molar-refractivity contribution in [2.75, 3.05) is 55.4 Å². The smallest absolute Gasteiger partial charge is 0.301 e. The Morgan fingerprint density at radius 3 is 2.39 bits per heavy atom. The molecule has 62 heavy (non-hydrogen) atoms. The van der Waals surface area contributed by atoms with Crippen LogP contribution in [0.25, 0.3) is 22.2 Å². The van der Waals surface area contributed by atoms with Crippen LogP contribution in [0.1, 0.15) is 51.1 Å². The number of carbonyl (C=O) groups is 4. The number of benzene rings is 3. The maximum atomic E-state index is 15.7. The molecule has 5 aromatic rings. The number of nitrogens with one attached hydrogen (secondary N) is 4. The molecule has 14 nitrogen and oxygen atoms in total. The Balaban J connectivity index is 0.786. The first kappa shape index (κ1) is 41.2. The molecule has 4 N–H and O–H groups in total. The van der Waals surface area contributed by atoms with E-state index in [0.717, 1.165) is 66.7 Å². The van der Waals surface area contributed by atoms with Gasteiger partial charge in [0, 0.05) is 92.2 Å². The highest BCUT2D eigenvalue weighted by Crippen LogP contribution is 2.42. The van der Waals surface area contributed by atoms with Gasteiger partial charge in [-0.25, -0.2) is 22.5 Å². The van der Waals surface area contributed by atoms with Gasteiger partial charge in [-0.1, -0.05) is 24.3 Å². The topological polar surface area (TPSA) is 177 Å². The number of alkyl halides is 1. The molecule has 4 saturated heterocycles. The molecule has 9 rings (SSSR count). The van der Waals surface area contributed by atoms with Crippen molar-refractivity contribution in [1.82, 2.24) is 29.8 Å². The van der Waals surface area contributed by atoms with Gasteiger partial charge in [-0.15, -0.1) is 0 Å². The van der Waals surface area contributed by atoms with Gasteiger partial charge >= 0.3 is 10.2 Å². The van der Waals surface area contributed by atoms with Crippen LogP contribution in [-0.2, 0) is 26.2 Å². The molecule has 322 valence electrons. The molecule has 0 radical (unpaired) electrons. The second kappa shape index (κ2) is 15.9. The number of aromatic amines is 1. The second-order valence-electron chi connectivity index (χ2n) is 16.4. The third-order valence-corrected chi connectivity index (χ3v) is 13.5. The Kier molecular flexibility index (Phi) is 10.6. The Morgan fingerprint density at radius 1 is 0.903 bits per heavy atom. The number of hydrogen-bond donors (Lipinski definition) is 4. The molecule has 4 aliphatic rings. The number of likely N-dealkylation sites (tertiary alicyclic amines) is 1. The minimum absolute atomic E-state index is 0.00570. The first-order valence-corrected chi connectivity index (χ1v) is 21.5. The van der Waals surface area contributed by atoms with Crippen molar-refractivity contribution < 1.29 is 45.2 Å². The quantitative estimate of drug-likeness (QED) is 0.0801. The average Bonchev–Trinajstić information content (AvgIpc) is 3.86. The Hall–Kier alpha value is -6.18. The number of nitrogens with zero attached hydrogens (tertiary/aromatic N) is 4. The molecule has 2 aromatic heterocycles. The minimum atomic E-state index is -4.36. The monoisotopic (exact) mass is 872 g/mol. The largest absolute Gasteiger partial charge is 0.370 e. The molecule has 19 heteroatoms. The van der Waals surface area contributed by atoms with E-state index >= 15 is 13.2 Å².